The van der Waals surface area contributed by atoms with Crippen molar-refractivity contribution in [1.82, 2.24) is 10.6 Å². The molecule has 0 aliphatic carbocycles. The predicted octanol–water partition coefficient (Wildman–Crippen LogP) is 4.14. The molecule has 1 unspecified atom stereocenters. The zero-order chi connectivity index (χ0) is 21.2. The van der Waals surface area contributed by atoms with Crippen molar-refractivity contribution in [2.24, 2.45) is 4.99 Å². The third-order valence-electron chi connectivity index (χ3n) is 5.90. The molecule has 1 aromatic rings. The SMILES string of the molecule is CCNC(=NCC1(SCC)CCOCC1)NC1CCCN(c2cccc(OC)c2)C1.I. The molecule has 0 bridgehead atoms. The van der Waals surface area contributed by atoms with E-state index in [4.69, 9.17) is 14.5 Å². The van der Waals surface area contributed by atoms with Gasteiger partial charge < -0.3 is 25.0 Å². The quantitative estimate of drug-likeness (QED) is 0.282. The number of piperidine rings is 1. The Balaban J connectivity index is 0.00000341. The van der Waals surface area contributed by atoms with Gasteiger partial charge in [-0.15, -0.1) is 24.0 Å². The average molecular weight is 563 g/mol. The van der Waals surface area contributed by atoms with E-state index in [1.54, 1.807) is 7.11 Å². The molecule has 2 heterocycles. The number of ether oxygens (including phenoxy) is 2. The molecule has 2 fully saturated rings. The summed E-state index contributed by atoms with van der Waals surface area (Å²) in [5.74, 6) is 2.97. The van der Waals surface area contributed by atoms with Gasteiger partial charge in [0.1, 0.15) is 5.75 Å². The fourth-order valence-electron chi connectivity index (χ4n) is 4.27. The minimum atomic E-state index is 0. The Morgan fingerprint density at radius 2 is 2.13 bits per heavy atom. The van der Waals surface area contributed by atoms with E-state index in [1.165, 1.54) is 12.1 Å². The van der Waals surface area contributed by atoms with E-state index < -0.39 is 0 Å². The summed E-state index contributed by atoms with van der Waals surface area (Å²) in [6, 6.07) is 8.74. The van der Waals surface area contributed by atoms with Gasteiger partial charge in [0.2, 0.25) is 0 Å². The minimum absolute atomic E-state index is 0. The lowest BCUT2D eigenvalue weighted by atomic mass is 9.99. The van der Waals surface area contributed by atoms with Gasteiger partial charge in [0.25, 0.3) is 0 Å². The minimum Gasteiger partial charge on any atom is -0.497 e. The summed E-state index contributed by atoms with van der Waals surface area (Å²) in [7, 11) is 1.72. The number of aliphatic imine (C=N–C) groups is 1. The third kappa shape index (κ3) is 7.89. The topological polar surface area (TPSA) is 58.1 Å². The van der Waals surface area contributed by atoms with Gasteiger partial charge >= 0.3 is 0 Å². The number of nitrogens with zero attached hydrogens (tertiary/aromatic N) is 2. The fourth-order valence-corrected chi connectivity index (χ4v) is 5.49. The van der Waals surface area contributed by atoms with Crippen LogP contribution >= 0.6 is 35.7 Å². The molecular weight excluding hydrogens is 523 g/mol. The Morgan fingerprint density at radius 3 is 2.84 bits per heavy atom. The van der Waals surface area contributed by atoms with Crippen LogP contribution in [-0.2, 0) is 4.74 Å². The highest BCUT2D eigenvalue weighted by atomic mass is 127. The molecule has 0 radical (unpaired) electrons. The van der Waals surface area contributed by atoms with Crippen molar-refractivity contribution in [1.29, 1.82) is 0 Å². The predicted molar refractivity (Wildman–Crippen MR) is 144 cm³/mol. The van der Waals surface area contributed by atoms with Gasteiger partial charge in [0.05, 0.1) is 13.7 Å². The summed E-state index contributed by atoms with van der Waals surface area (Å²) in [5.41, 5.74) is 1.23. The molecule has 0 aromatic heterocycles. The standard InChI is InChI=1S/C23H38N4O2S.HI/c1-4-24-22(25-18-23(30-5-2)11-14-29-15-12-23)26-19-8-7-13-27(17-19)20-9-6-10-21(16-20)28-3;/h6,9-10,16,19H,4-5,7-8,11-15,17-18H2,1-3H3,(H2,24,25,26);1H. The number of guanidine groups is 1. The lowest BCUT2D eigenvalue weighted by Gasteiger charge is -2.37. The molecule has 1 aromatic carbocycles. The molecule has 31 heavy (non-hydrogen) atoms. The van der Waals surface area contributed by atoms with Crippen LogP contribution < -0.4 is 20.3 Å². The second-order valence-corrected chi connectivity index (χ2v) is 9.79. The van der Waals surface area contributed by atoms with Crippen LogP contribution in [0.1, 0.15) is 39.5 Å². The summed E-state index contributed by atoms with van der Waals surface area (Å²) < 4.78 is 11.2. The maximum atomic E-state index is 5.61. The molecule has 8 heteroatoms. The largest absolute Gasteiger partial charge is 0.497 e. The van der Waals surface area contributed by atoms with Crippen molar-refractivity contribution in [2.45, 2.75) is 50.3 Å². The summed E-state index contributed by atoms with van der Waals surface area (Å²) in [6.45, 7) is 9.84. The zero-order valence-corrected chi connectivity index (χ0v) is 22.3. The number of halogens is 1. The number of hydrogen-bond acceptors (Lipinski definition) is 5. The first-order valence-electron chi connectivity index (χ1n) is 11.3. The summed E-state index contributed by atoms with van der Waals surface area (Å²) >= 11 is 2.04. The van der Waals surface area contributed by atoms with E-state index in [9.17, 15) is 0 Å². The lowest BCUT2D eigenvalue weighted by molar-refractivity contribution is 0.0793. The Morgan fingerprint density at radius 1 is 1.32 bits per heavy atom. The first kappa shape index (κ1) is 26.4. The fraction of sp³-hybridized carbons (Fsp3) is 0.696. The first-order chi connectivity index (χ1) is 14.7. The highest BCUT2D eigenvalue weighted by Crippen LogP contribution is 2.35. The summed E-state index contributed by atoms with van der Waals surface area (Å²) in [4.78, 5) is 7.47. The lowest BCUT2D eigenvalue weighted by Crippen LogP contribution is -2.51. The van der Waals surface area contributed by atoms with Gasteiger partial charge in [0, 0.05) is 55.4 Å². The van der Waals surface area contributed by atoms with E-state index in [1.807, 2.05) is 17.8 Å². The maximum absolute atomic E-state index is 5.61. The molecule has 0 amide bonds. The van der Waals surface area contributed by atoms with Crippen LogP contribution in [0.4, 0.5) is 5.69 Å². The summed E-state index contributed by atoms with van der Waals surface area (Å²) in [6.07, 6.45) is 4.50. The molecule has 2 saturated heterocycles. The Bertz CT molecular complexity index is 680. The van der Waals surface area contributed by atoms with Crippen molar-refractivity contribution >= 4 is 47.4 Å². The van der Waals surface area contributed by atoms with E-state index in [0.29, 0.717) is 6.04 Å². The maximum Gasteiger partial charge on any atom is 0.191 e. The van der Waals surface area contributed by atoms with Gasteiger partial charge in [-0.05, 0) is 50.5 Å². The number of hydrogen-bond donors (Lipinski definition) is 2. The number of nitrogens with one attached hydrogen (secondary N) is 2. The Labute approximate surface area is 209 Å². The second-order valence-electron chi connectivity index (χ2n) is 8.05. The van der Waals surface area contributed by atoms with Crippen LogP contribution in [0.25, 0.3) is 0 Å². The molecule has 2 N–H and O–H groups in total. The highest BCUT2D eigenvalue weighted by Gasteiger charge is 2.32. The monoisotopic (exact) mass is 562 g/mol. The summed E-state index contributed by atoms with van der Waals surface area (Å²) in [5, 5.41) is 7.17. The molecular formula is C23H39IN4O2S. The van der Waals surface area contributed by atoms with Crippen LogP contribution in [0.15, 0.2) is 29.3 Å². The number of methoxy groups -OCH3 is 1. The van der Waals surface area contributed by atoms with Crippen LogP contribution in [0.2, 0.25) is 0 Å². The van der Waals surface area contributed by atoms with Crippen molar-refractivity contribution in [2.75, 3.05) is 57.2 Å². The molecule has 0 saturated carbocycles. The first-order valence-corrected chi connectivity index (χ1v) is 12.3. The number of rotatable bonds is 8. The Kier molecular flexibility index (Phi) is 11.6. The number of benzene rings is 1. The van der Waals surface area contributed by atoms with Crippen molar-refractivity contribution in [3.63, 3.8) is 0 Å². The molecule has 1 atom stereocenters. The van der Waals surface area contributed by atoms with Gasteiger partial charge in [-0.1, -0.05) is 13.0 Å². The van der Waals surface area contributed by atoms with E-state index in [-0.39, 0.29) is 28.7 Å². The van der Waals surface area contributed by atoms with Crippen molar-refractivity contribution in [3.05, 3.63) is 24.3 Å². The Hall–Kier alpha value is -0.870. The van der Waals surface area contributed by atoms with Gasteiger partial charge in [-0.2, -0.15) is 11.8 Å². The van der Waals surface area contributed by atoms with E-state index in [2.05, 4.69) is 47.6 Å². The number of anilines is 1. The van der Waals surface area contributed by atoms with Gasteiger partial charge in [0.15, 0.2) is 5.96 Å². The number of thioether (sulfide) groups is 1. The van der Waals surface area contributed by atoms with E-state index >= 15 is 0 Å². The second kappa shape index (κ2) is 13.6. The van der Waals surface area contributed by atoms with Crippen LogP contribution in [0, 0.1) is 0 Å². The molecule has 0 spiro atoms. The molecule has 6 nitrogen and oxygen atoms in total. The average Bonchev–Trinajstić information content (AvgIpc) is 2.79. The third-order valence-corrected chi connectivity index (χ3v) is 7.34. The van der Waals surface area contributed by atoms with Crippen LogP contribution in [-0.4, -0.2) is 69.0 Å². The normalized spacial score (nSPS) is 21.2. The van der Waals surface area contributed by atoms with Crippen LogP contribution in [0.5, 0.6) is 5.75 Å². The van der Waals surface area contributed by atoms with Gasteiger partial charge in [-0.3, -0.25) is 4.99 Å². The van der Waals surface area contributed by atoms with Crippen molar-refractivity contribution in [3.8, 4) is 5.75 Å². The van der Waals surface area contributed by atoms with Crippen molar-refractivity contribution < 1.29 is 9.47 Å². The molecule has 3 rings (SSSR count). The zero-order valence-electron chi connectivity index (χ0n) is 19.2. The smallest absolute Gasteiger partial charge is 0.191 e. The molecule has 176 valence electrons. The molecule has 2 aliphatic rings. The van der Waals surface area contributed by atoms with Gasteiger partial charge in [-0.25, -0.2) is 0 Å². The van der Waals surface area contributed by atoms with E-state index in [0.717, 1.165) is 76.1 Å². The molecule has 2 aliphatic heterocycles. The van der Waals surface area contributed by atoms with Crippen LogP contribution in [0.3, 0.4) is 0 Å². The highest BCUT2D eigenvalue weighted by molar-refractivity contribution is 14.0.